The fraction of sp³-hybridized carbons (Fsp3) is 0.500. The second kappa shape index (κ2) is 4.61. The van der Waals surface area contributed by atoms with Gasteiger partial charge in [-0.15, -0.1) is 0 Å². The van der Waals surface area contributed by atoms with Crippen LogP contribution in [0, 0.1) is 0 Å². The molecule has 88 valence electrons. The Balaban J connectivity index is 1.96. The molecular formula is C12H18N2O2. The molecule has 1 fully saturated rings. The summed E-state index contributed by atoms with van der Waals surface area (Å²) in [6, 6.07) is 5.04. The van der Waals surface area contributed by atoms with Crippen LogP contribution in [0.15, 0.2) is 18.2 Å². The van der Waals surface area contributed by atoms with Crippen molar-refractivity contribution in [3.63, 3.8) is 0 Å². The highest BCUT2D eigenvalue weighted by molar-refractivity contribution is 5.54. The van der Waals surface area contributed by atoms with Crippen molar-refractivity contribution in [3.05, 3.63) is 18.2 Å². The number of likely N-dealkylation sites (tertiary alicyclic amines) is 1. The van der Waals surface area contributed by atoms with Gasteiger partial charge in [0.2, 0.25) is 0 Å². The van der Waals surface area contributed by atoms with Gasteiger partial charge in [-0.05, 0) is 32.0 Å². The molecule has 0 aliphatic carbocycles. The quantitative estimate of drug-likeness (QED) is 0.587. The molecule has 3 N–H and O–H groups in total. The van der Waals surface area contributed by atoms with Gasteiger partial charge < -0.3 is 20.5 Å². The molecule has 16 heavy (non-hydrogen) atoms. The van der Waals surface area contributed by atoms with E-state index in [2.05, 4.69) is 11.9 Å². The summed E-state index contributed by atoms with van der Waals surface area (Å²) in [4.78, 5) is 2.29. The van der Waals surface area contributed by atoms with Gasteiger partial charge in [0.25, 0.3) is 0 Å². The van der Waals surface area contributed by atoms with Crippen LogP contribution in [-0.4, -0.2) is 36.2 Å². The van der Waals surface area contributed by atoms with Gasteiger partial charge in [0.15, 0.2) is 0 Å². The van der Waals surface area contributed by atoms with Crippen LogP contribution in [0.4, 0.5) is 5.69 Å². The molecule has 2 rings (SSSR count). The predicted molar refractivity (Wildman–Crippen MR) is 63.7 cm³/mol. The first-order valence-electron chi connectivity index (χ1n) is 5.59. The average molecular weight is 222 g/mol. The number of ether oxygens (including phenoxy) is 1. The number of phenols is 1. The van der Waals surface area contributed by atoms with E-state index in [4.69, 9.17) is 10.5 Å². The Morgan fingerprint density at radius 3 is 2.69 bits per heavy atom. The maximum atomic E-state index is 9.46. The van der Waals surface area contributed by atoms with Crippen molar-refractivity contribution in [2.24, 2.45) is 0 Å². The van der Waals surface area contributed by atoms with Crippen molar-refractivity contribution in [2.45, 2.75) is 18.9 Å². The van der Waals surface area contributed by atoms with E-state index < -0.39 is 0 Å². The number of nitrogens with two attached hydrogens (primary N) is 1. The number of phenolic OH excluding ortho intramolecular Hbond substituents is 1. The topological polar surface area (TPSA) is 58.7 Å². The standard InChI is InChI=1S/C12H18N2O2/c1-14-6-4-9(5-7-14)16-10-2-3-11(13)12(15)8-10/h2-3,8-9,15H,4-7,13H2,1H3. The summed E-state index contributed by atoms with van der Waals surface area (Å²) in [6.07, 6.45) is 2.31. The fourth-order valence-corrected chi connectivity index (χ4v) is 1.89. The number of aromatic hydroxyl groups is 1. The summed E-state index contributed by atoms with van der Waals surface area (Å²) in [7, 11) is 2.12. The Bertz CT molecular complexity index is 360. The third-order valence-electron chi connectivity index (χ3n) is 2.97. The first-order chi connectivity index (χ1) is 7.65. The molecule has 1 heterocycles. The maximum Gasteiger partial charge on any atom is 0.142 e. The summed E-state index contributed by atoms with van der Waals surface area (Å²) < 4.78 is 5.80. The van der Waals surface area contributed by atoms with E-state index in [1.54, 1.807) is 18.2 Å². The van der Waals surface area contributed by atoms with Gasteiger partial charge in [-0.2, -0.15) is 0 Å². The largest absolute Gasteiger partial charge is 0.506 e. The summed E-state index contributed by atoms with van der Waals surface area (Å²) in [5.41, 5.74) is 5.91. The zero-order valence-corrected chi connectivity index (χ0v) is 9.52. The lowest BCUT2D eigenvalue weighted by Crippen LogP contribution is -2.35. The van der Waals surface area contributed by atoms with Gasteiger partial charge in [0.1, 0.15) is 17.6 Å². The lowest BCUT2D eigenvalue weighted by molar-refractivity contribution is 0.114. The van der Waals surface area contributed by atoms with Gasteiger partial charge in [-0.3, -0.25) is 0 Å². The van der Waals surface area contributed by atoms with E-state index in [0.717, 1.165) is 25.9 Å². The summed E-state index contributed by atoms with van der Waals surface area (Å²) in [5.74, 6) is 0.784. The SMILES string of the molecule is CN1CCC(Oc2ccc(N)c(O)c2)CC1. The number of piperidine rings is 1. The highest BCUT2D eigenvalue weighted by atomic mass is 16.5. The molecule has 1 aliphatic rings. The van der Waals surface area contributed by atoms with Crippen molar-refractivity contribution in [1.82, 2.24) is 4.90 Å². The molecule has 0 atom stereocenters. The van der Waals surface area contributed by atoms with Crippen LogP contribution in [0.25, 0.3) is 0 Å². The van der Waals surface area contributed by atoms with E-state index in [9.17, 15) is 5.11 Å². The Hall–Kier alpha value is -1.42. The van der Waals surface area contributed by atoms with Gasteiger partial charge in [0, 0.05) is 19.2 Å². The van der Waals surface area contributed by atoms with E-state index in [-0.39, 0.29) is 11.9 Å². The Morgan fingerprint density at radius 1 is 1.38 bits per heavy atom. The Kier molecular flexibility index (Phi) is 3.19. The number of hydrogen-bond donors (Lipinski definition) is 2. The monoisotopic (exact) mass is 222 g/mol. The molecule has 0 unspecified atom stereocenters. The van der Waals surface area contributed by atoms with E-state index in [1.807, 2.05) is 0 Å². The highest BCUT2D eigenvalue weighted by Crippen LogP contribution is 2.27. The summed E-state index contributed by atoms with van der Waals surface area (Å²) in [6.45, 7) is 2.12. The minimum Gasteiger partial charge on any atom is -0.506 e. The number of hydrogen-bond acceptors (Lipinski definition) is 4. The molecule has 1 aliphatic heterocycles. The van der Waals surface area contributed by atoms with Crippen LogP contribution in [0.2, 0.25) is 0 Å². The lowest BCUT2D eigenvalue weighted by atomic mass is 10.1. The van der Waals surface area contributed by atoms with E-state index in [0.29, 0.717) is 11.4 Å². The number of benzene rings is 1. The highest BCUT2D eigenvalue weighted by Gasteiger charge is 2.18. The van der Waals surface area contributed by atoms with Gasteiger partial charge in [0.05, 0.1) is 5.69 Å². The first-order valence-corrected chi connectivity index (χ1v) is 5.59. The Morgan fingerprint density at radius 2 is 2.06 bits per heavy atom. The zero-order valence-electron chi connectivity index (χ0n) is 9.52. The van der Waals surface area contributed by atoms with Crippen molar-refractivity contribution >= 4 is 5.69 Å². The number of nitrogens with zero attached hydrogens (tertiary/aromatic N) is 1. The molecule has 4 nitrogen and oxygen atoms in total. The first kappa shape index (κ1) is 11.1. The van der Waals surface area contributed by atoms with Crippen LogP contribution in [0.1, 0.15) is 12.8 Å². The molecule has 0 bridgehead atoms. The van der Waals surface area contributed by atoms with Crippen molar-refractivity contribution in [2.75, 3.05) is 25.9 Å². The normalized spacial score (nSPS) is 18.6. The molecule has 0 aromatic heterocycles. The molecule has 1 saturated heterocycles. The molecule has 4 heteroatoms. The van der Waals surface area contributed by atoms with Crippen LogP contribution in [-0.2, 0) is 0 Å². The molecular weight excluding hydrogens is 204 g/mol. The smallest absolute Gasteiger partial charge is 0.142 e. The average Bonchev–Trinajstić information content (AvgIpc) is 2.27. The number of anilines is 1. The molecule has 1 aromatic carbocycles. The van der Waals surface area contributed by atoms with Crippen molar-refractivity contribution in [1.29, 1.82) is 0 Å². The number of nitrogen functional groups attached to an aromatic ring is 1. The fourth-order valence-electron chi connectivity index (χ4n) is 1.89. The van der Waals surface area contributed by atoms with Crippen molar-refractivity contribution < 1.29 is 9.84 Å². The van der Waals surface area contributed by atoms with Crippen LogP contribution < -0.4 is 10.5 Å². The third kappa shape index (κ3) is 2.58. The minimum atomic E-state index is 0.0884. The lowest BCUT2D eigenvalue weighted by Gasteiger charge is -2.29. The van der Waals surface area contributed by atoms with Crippen LogP contribution in [0.5, 0.6) is 11.5 Å². The predicted octanol–water partition coefficient (Wildman–Crippen LogP) is 1.45. The molecule has 0 saturated carbocycles. The van der Waals surface area contributed by atoms with Gasteiger partial charge in [-0.25, -0.2) is 0 Å². The molecule has 0 radical (unpaired) electrons. The maximum absolute atomic E-state index is 9.46. The molecule has 0 amide bonds. The van der Waals surface area contributed by atoms with Gasteiger partial charge in [-0.1, -0.05) is 0 Å². The summed E-state index contributed by atoms with van der Waals surface area (Å²) in [5, 5.41) is 9.46. The van der Waals surface area contributed by atoms with Crippen LogP contribution in [0.3, 0.4) is 0 Å². The van der Waals surface area contributed by atoms with Crippen LogP contribution >= 0.6 is 0 Å². The zero-order chi connectivity index (χ0) is 11.5. The van der Waals surface area contributed by atoms with Gasteiger partial charge >= 0.3 is 0 Å². The second-order valence-electron chi connectivity index (χ2n) is 4.34. The van der Waals surface area contributed by atoms with E-state index >= 15 is 0 Å². The minimum absolute atomic E-state index is 0.0884. The number of rotatable bonds is 2. The molecule has 1 aromatic rings. The second-order valence-corrected chi connectivity index (χ2v) is 4.34. The summed E-state index contributed by atoms with van der Waals surface area (Å²) >= 11 is 0. The van der Waals surface area contributed by atoms with Crippen molar-refractivity contribution in [3.8, 4) is 11.5 Å². The third-order valence-corrected chi connectivity index (χ3v) is 2.97. The molecule has 0 spiro atoms. The van der Waals surface area contributed by atoms with E-state index in [1.165, 1.54) is 0 Å². The Labute approximate surface area is 95.6 Å².